The van der Waals surface area contributed by atoms with Crippen molar-refractivity contribution < 1.29 is 9.59 Å². The predicted octanol–water partition coefficient (Wildman–Crippen LogP) is 3.02. The number of pyridine rings is 1. The fourth-order valence-electron chi connectivity index (χ4n) is 3.12. The summed E-state index contributed by atoms with van der Waals surface area (Å²) in [6, 6.07) is 11.0. The van der Waals surface area contributed by atoms with Crippen molar-refractivity contribution in [1.29, 1.82) is 0 Å². The van der Waals surface area contributed by atoms with Gasteiger partial charge in [0, 0.05) is 43.6 Å². The fraction of sp³-hybridized carbons (Fsp3) is 0.409. The maximum absolute atomic E-state index is 12.7. The minimum absolute atomic E-state index is 0.0617. The van der Waals surface area contributed by atoms with Crippen molar-refractivity contribution in [1.82, 2.24) is 14.8 Å². The molecule has 1 aliphatic heterocycles. The molecule has 1 N–H and O–H groups in total. The highest BCUT2D eigenvalue weighted by atomic mass is 16.2. The summed E-state index contributed by atoms with van der Waals surface area (Å²) in [5, 5.41) is 2.89. The Balaban J connectivity index is 1.69. The first-order chi connectivity index (χ1) is 13.2. The highest BCUT2D eigenvalue weighted by Gasteiger charge is 2.22. The average Bonchev–Trinajstić information content (AvgIpc) is 2.68. The smallest absolute Gasteiger partial charge is 0.272 e. The van der Waals surface area contributed by atoms with Gasteiger partial charge in [0.15, 0.2) is 0 Å². The third-order valence-electron chi connectivity index (χ3n) is 5.04. The van der Waals surface area contributed by atoms with E-state index in [1.807, 2.05) is 31.3 Å². The van der Waals surface area contributed by atoms with Crippen molar-refractivity contribution in [3.8, 4) is 0 Å². The van der Waals surface area contributed by atoms with Gasteiger partial charge in [-0.25, -0.2) is 0 Å². The van der Waals surface area contributed by atoms with Gasteiger partial charge < -0.3 is 15.1 Å². The van der Waals surface area contributed by atoms with Gasteiger partial charge in [-0.3, -0.25) is 14.6 Å². The maximum Gasteiger partial charge on any atom is 0.272 e. The first-order valence-electron chi connectivity index (χ1n) is 9.60. The first-order valence-corrected chi connectivity index (χ1v) is 9.60. The molecule has 2 aromatic rings. The molecule has 1 fully saturated rings. The molecule has 148 valence electrons. The van der Waals surface area contributed by atoms with Gasteiger partial charge in [-0.15, -0.1) is 0 Å². The number of nitrogens with one attached hydrogen (secondary N) is 1. The molecule has 0 unspecified atom stereocenters. The zero-order chi connectivity index (χ0) is 20.3. The highest BCUT2D eigenvalue weighted by Crippen LogP contribution is 2.23. The van der Waals surface area contributed by atoms with Crippen molar-refractivity contribution in [2.75, 3.05) is 38.5 Å². The second-order valence-corrected chi connectivity index (χ2v) is 8.31. The number of amides is 2. The molecule has 0 bridgehead atoms. The monoisotopic (exact) mass is 380 g/mol. The number of piperazine rings is 1. The lowest BCUT2D eigenvalue weighted by atomic mass is 9.87. The van der Waals surface area contributed by atoms with Crippen molar-refractivity contribution in [3.63, 3.8) is 0 Å². The van der Waals surface area contributed by atoms with E-state index in [2.05, 4.69) is 36.0 Å². The molecule has 0 saturated carbocycles. The maximum atomic E-state index is 12.7. The van der Waals surface area contributed by atoms with Gasteiger partial charge in [0.2, 0.25) is 0 Å². The molecule has 0 spiro atoms. The van der Waals surface area contributed by atoms with Gasteiger partial charge in [-0.2, -0.15) is 0 Å². The predicted molar refractivity (Wildman–Crippen MR) is 111 cm³/mol. The summed E-state index contributed by atoms with van der Waals surface area (Å²) >= 11 is 0. The average molecular weight is 380 g/mol. The Morgan fingerprint density at radius 1 is 1.00 bits per heavy atom. The van der Waals surface area contributed by atoms with Gasteiger partial charge in [-0.05, 0) is 42.3 Å². The summed E-state index contributed by atoms with van der Waals surface area (Å²) in [5.74, 6) is -0.379. The van der Waals surface area contributed by atoms with Gasteiger partial charge in [0.1, 0.15) is 5.69 Å². The van der Waals surface area contributed by atoms with Crippen LogP contribution in [0.4, 0.5) is 5.69 Å². The van der Waals surface area contributed by atoms with Crippen LogP contribution in [0.25, 0.3) is 0 Å². The summed E-state index contributed by atoms with van der Waals surface area (Å²) in [7, 11) is 2.04. The number of anilines is 1. The topological polar surface area (TPSA) is 65.5 Å². The Hall–Kier alpha value is -2.73. The second kappa shape index (κ2) is 8.10. The number of rotatable bonds is 3. The zero-order valence-corrected chi connectivity index (χ0v) is 17.0. The number of nitrogens with zero attached hydrogens (tertiary/aromatic N) is 3. The molecule has 1 aromatic heterocycles. The Morgan fingerprint density at radius 2 is 1.64 bits per heavy atom. The first kappa shape index (κ1) is 20.0. The molecule has 0 radical (unpaired) electrons. The highest BCUT2D eigenvalue weighted by molar-refractivity contribution is 6.05. The molecule has 2 amide bonds. The number of benzene rings is 1. The molecular formula is C22H28N4O2. The van der Waals surface area contributed by atoms with Gasteiger partial charge in [-0.1, -0.05) is 32.9 Å². The van der Waals surface area contributed by atoms with E-state index in [9.17, 15) is 9.59 Å². The van der Waals surface area contributed by atoms with Crippen molar-refractivity contribution >= 4 is 17.5 Å². The minimum atomic E-state index is -0.252. The quantitative estimate of drug-likeness (QED) is 0.889. The molecule has 6 nitrogen and oxygen atoms in total. The molecule has 2 heterocycles. The lowest BCUT2D eigenvalue weighted by Gasteiger charge is -2.32. The van der Waals surface area contributed by atoms with Gasteiger partial charge in [0.25, 0.3) is 11.8 Å². The molecule has 1 aromatic carbocycles. The van der Waals surface area contributed by atoms with Crippen LogP contribution in [0.5, 0.6) is 0 Å². The Morgan fingerprint density at radius 3 is 2.25 bits per heavy atom. The van der Waals surface area contributed by atoms with E-state index in [4.69, 9.17) is 0 Å². The van der Waals surface area contributed by atoms with Crippen LogP contribution < -0.4 is 5.32 Å². The Kier molecular flexibility index (Phi) is 5.79. The van der Waals surface area contributed by atoms with Crippen LogP contribution in [0.3, 0.4) is 0 Å². The number of carbonyl (C=O) groups is 2. The van der Waals surface area contributed by atoms with Crippen molar-refractivity contribution in [2.24, 2.45) is 0 Å². The van der Waals surface area contributed by atoms with Crippen LogP contribution in [-0.2, 0) is 5.41 Å². The summed E-state index contributed by atoms with van der Waals surface area (Å²) in [6.07, 6.45) is 1.51. The minimum Gasteiger partial charge on any atom is -0.335 e. The molecule has 0 aliphatic carbocycles. The lowest BCUT2D eigenvalue weighted by molar-refractivity contribution is 0.0658. The summed E-state index contributed by atoms with van der Waals surface area (Å²) in [5.41, 5.74) is 2.72. The van der Waals surface area contributed by atoms with E-state index >= 15 is 0 Å². The third kappa shape index (κ3) is 4.75. The molecule has 0 atom stereocenters. The van der Waals surface area contributed by atoms with E-state index in [1.54, 1.807) is 17.0 Å². The lowest BCUT2D eigenvalue weighted by Crippen LogP contribution is -2.47. The van der Waals surface area contributed by atoms with E-state index in [1.165, 1.54) is 11.8 Å². The van der Waals surface area contributed by atoms with Gasteiger partial charge in [0.05, 0.1) is 0 Å². The fourth-order valence-corrected chi connectivity index (χ4v) is 3.12. The SMILES string of the molecule is CN1CCN(C(=O)c2cc(C(=O)Nc3ccc(C(C)(C)C)cc3)ccn2)CC1. The molecule has 3 rings (SSSR count). The molecular weight excluding hydrogens is 352 g/mol. The normalized spacial score (nSPS) is 15.4. The van der Waals surface area contributed by atoms with Crippen LogP contribution >= 0.6 is 0 Å². The number of carbonyl (C=O) groups excluding carboxylic acids is 2. The van der Waals surface area contributed by atoms with Crippen LogP contribution in [0.15, 0.2) is 42.6 Å². The number of aromatic nitrogens is 1. The number of hydrogen-bond acceptors (Lipinski definition) is 4. The summed E-state index contributed by atoms with van der Waals surface area (Å²) in [6.45, 7) is 9.48. The van der Waals surface area contributed by atoms with Crippen LogP contribution in [0, 0.1) is 0 Å². The van der Waals surface area contributed by atoms with Crippen molar-refractivity contribution in [3.05, 3.63) is 59.4 Å². The van der Waals surface area contributed by atoms with E-state index in [0.29, 0.717) is 24.3 Å². The largest absolute Gasteiger partial charge is 0.335 e. The zero-order valence-electron chi connectivity index (χ0n) is 17.0. The number of hydrogen-bond donors (Lipinski definition) is 1. The van der Waals surface area contributed by atoms with E-state index in [-0.39, 0.29) is 17.2 Å². The van der Waals surface area contributed by atoms with Crippen LogP contribution in [-0.4, -0.2) is 59.8 Å². The third-order valence-corrected chi connectivity index (χ3v) is 5.04. The summed E-state index contributed by atoms with van der Waals surface area (Å²) < 4.78 is 0. The van der Waals surface area contributed by atoms with Crippen LogP contribution in [0.2, 0.25) is 0 Å². The summed E-state index contributed by atoms with van der Waals surface area (Å²) in [4.78, 5) is 33.5. The van der Waals surface area contributed by atoms with Crippen molar-refractivity contribution in [2.45, 2.75) is 26.2 Å². The van der Waals surface area contributed by atoms with Gasteiger partial charge >= 0.3 is 0 Å². The molecule has 1 aliphatic rings. The molecule has 28 heavy (non-hydrogen) atoms. The van der Waals surface area contributed by atoms with Crippen LogP contribution in [0.1, 0.15) is 47.2 Å². The Labute approximate surface area is 166 Å². The number of likely N-dealkylation sites (N-methyl/N-ethyl adjacent to an activating group) is 1. The standard InChI is InChI=1S/C22H28N4O2/c1-22(2,3)17-5-7-18(8-6-17)24-20(27)16-9-10-23-19(15-16)21(28)26-13-11-25(4)12-14-26/h5-10,15H,11-14H2,1-4H3,(H,24,27). The van der Waals surface area contributed by atoms with E-state index < -0.39 is 0 Å². The molecule has 1 saturated heterocycles. The molecule has 6 heteroatoms. The second-order valence-electron chi connectivity index (χ2n) is 8.31. The Bertz CT molecular complexity index is 848. The van der Waals surface area contributed by atoms with E-state index in [0.717, 1.165) is 18.8 Å².